The third kappa shape index (κ3) is 13.5. The van der Waals surface area contributed by atoms with Crippen LogP contribution in [0.25, 0.3) is 0 Å². The van der Waals surface area contributed by atoms with E-state index in [0.29, 0.717) is 52.4 Å². The fourth-order valence-electron chi connectivity index (χ4n) is 3.09. The van der Waals surface area contributed by atoms with Crippen LogP contribution in [0, 0.1) is 0 Å². The molecule has 2 radical (unpaired) electrons. The number of nitrogens with zero attached hydrogens (tertiary/aromatic N) is 4. The molecule has 0 bridgehead atoms. The Hall–Kier alpha value is -1.36. The summed E-state index contributed by atoms with van der Waals surface area (Å²) in [7, 11) is 0. The van der Waals surface area contributed by atoms with Crippen molar-refractivity contribution in [2.75, 3.05) is 78.5 Å². The Kier molecular flexibility index (Phi) is 13.9. The van der Waals surface area contributed by atoms with E-state index in [1.807, 2.05) is 19.6 Å². The first-order valence-corrected chi connectivity index (χ1v) is 9.18. The molecule has 8 N–H and O–H groups in total. The van der Waals surface area contributed by atoms with E-state index in [1.165, 1.54) is 0 Å². The minimum atomic E-state index is -0.456. The van der Waals surface area contributed by atoms with Gasteiger partial charge in [-0.15, -0.1) is 0 Å². The van der Waals surface area contributed by atoms with Gasteiger partial charge >= 0.3 is 27.3 Å². The maximum atomic E-state index is 11.4. The first-order valence-electron chi connectivity index (χ1n) is 9.18. The summed E-state index contributed by atoms with van der Waals surface area (Å²) in [6.07, 6.45) is 0. The molecule has 1 fully saturated rings. The van der Waals surface area contributed by atoms with Gasteiger partial charge in [-0.05, 0) is 0 Å². The van der Waals surface area contributed by atoms with E-state index in [1.54, 1.807) is 0 Å². The van der Waals surface area contributed by atoms with Gasteiger partial charge in [0, 0.05) is 52.4 Å². The minimum absolute atomic E-state index is 0. The SMILES string of the molecule is NC(=O)CN1CCN(CC(N)=O)CCN(CC(N)=O)CCN(CC(N)=O)CC1.[212PbH2]. The summed E-state index contributed by atoms with van der Waals surface area (Å²) in [5, 5.41) is 0. The van der Waals surface area contributed by atoms with Crippen LogP contribution < -0.4 is 22.9 Å². The van der Waals surface area contributed by atoms with Crippen molar-refractivity contribution >= 4 is 50.9 Å². The van der Waals surface area contributed by atoms with Crippen molar-refractivity contribution in [3.05, 3.63) is 0 Å². The summed E-state index contributed by atoms with van der Waals surface area (Å²) in [4.78, 5) is 52.9. The Labute approximate surface area is 191 Å². The van der Waals surface area contributed by atoms with E-state index in [4.69, 9.17) is 22.9 Å². The summed E-state index contributed by atoms with van der Waals surface area (Å²) in [6.45, 7) is 4.26. The molecule has 0 saturated carbocycles. The monoisotopic (exact) mass is 614 g/mol. The zero-order valence-electron chi connectivity index (χ0n) is 16.9. The Balaban J connectivity index is 0.00000784. The van der Waals surface area contributed by atoms with E-state index in [-0.39, 0.29) is 53.5 Å². The van der Waals surface area contributed by atoms with Crippen molar-refractivity contribution in [1.29, 1.82) is 0 Å². The maximum absolute atomic E-state index is 11.4. The molecule has 1 rings (SSSR count). The normalized spacial score (nSPS) is 18.8. The second-order valence-corrected chi connectivity index (χ2v) is 6.97. The van der Waals surface area contributed by atoms with Crippen molar-refractivity contribution in [1.82, 2.24) is 19.6 Å². The summed E-state index contributed by atoms with van der Waals surface area (Å²) in [5.74, 6) is -1.82. The number of rotatable bonds is 8. The number of carbonyl (C=O) groups is 4. The topological polar surface area (TPSA) is 185 Å². The third-order valence-electron chi connectivity index (χ3n) is 4.45. The number of hydrogen-bond acceptors (Lipinski definition) is 8. The second-order valence-electron chi connectivity index (χ2n) is 6.97. The van der Waals surface area contributed by atoms with E-state index < -0.39 is 23.6 Å². The zero-order chi connectivity index (χ0) is 21.1. The van der Waals surface area contributed by atoms with Crippen molar-refractivity contribution in [3.63, 3.8) is 0 Å². The van der Waals surface area contributed by atoms with Crippen molar-refractivity contribution in [2.24, 2.45) is 22.9 Å². The molecule has 13 heteroatoms. The van der Waals surface area contributed by atoms with Crippen LogP contribution in [0.3, 0.4) is 0 Å². The number of carbonyl (C=O) groups excluding carboxylic acids is 4. The molecule has 1 aliphatic rings. The molecule has 0 unspecified atom stereocenters. The van der Waals surface area contributed by atoms with Gasteiger partial charge in [-0.3, -0.25) is 38.8 Å². The van der Waals surface area contributed by atoms with Gasteiger partial charge in [-0.1, -0.05) is 0 Å². The predicted molar refractivity (Wildman–Crippen MR) is 111 cm³/mol. The molecule has 29 heavy (non-hydrogen) atoms. The average molecular weight is 614 g/mol. The average Bonchev–Trinajstić information content (AvgIpc) is 2.55. The van der Waals surface area contributed by atoms with Crippen LogP contribution in [0.5, 0.6) is 0 Å². The third-order valence-corrected chi connectivity index (χ3v) is 4.45. The molecule has 4 amide bonds. The number of amides is 4. The molecule has 0 aromatic rings. The quantitative estimate of drug-likeness (QED) is 0.195. The number of hydrogen-bond donors (Lipinski definition) is 4. The van der Waals surface area contributed by atoms with Gasteiger partial charge in [0.1, 0.15) is 0 Å². The second kappa shape index (κ2) is 14.6. The standard InChI is InChI=1S/C16H32N8O4.Pb.2H/c17-13(25)9-21-1-2-22(10-14(18)26)5-6-24(12-16(20)28)8-7-23(4-3-21)11-15(19)27;;;/h1-12H2,(H2,17,25)(H2,18,26)(H2,19,27)(H2,20,28);;;/i;1+5;;. The molecule has 1 heterocycles. The van der Waals surface area contributed by atoms with Crippen LogP contribution in [0.4, 0.5) is 0 Å². The van der Waals surface area contributed by atoms with E-state index >= 15 is 0 Å². The molecule has 1 aliphatic heterocycles. The van der Waals surface area contributed by atoms with Crippen LogP contribution in [0.15, 0.2) is 0 Å². The zero-order valence-corrected chi connectivity index (χ0v) is 22.4. The Morgan fingerprint density at radius 3 is 0.690 bits per heavy atom. The van der Waals surface area contributed by atoms with Crippen LogP contribution in [-0.4, -0.2) is 149 Å². The first-order chi connectivity index (χ1) is 13.2. The van der Waals surface area contributed by atoms with Gasteiger partial charge < -0.3 is 22.9 Å². The number of primary amides is 4. The number of nitrogens with two attached hydrogens (primary N) is 4. The van der Waals surface area contributed by atoms with E-state index in [9.17, 15) is 19.2 Å². The molecule has 0 aromatic heterocycles. The van der Waals surface area contributed by atoms with Gasteiger partial charge in [0.25, 0.3) is 0 Å². The summed E-state index contributed by atoms with van der Waals surface area (Å²) >= 11 is 0. The van der Waals surface area contributed by atoms with Crippen molar-refractivity contribution in [2.45, 2.75) is 0 Å². The van der Waals surface area contributed by atoms with Crippen LogP contribution in [0.2, 0.25) is 0 Å². The van der Waals surface area contributed by atoms with E-state index in [2.05, 4.69) is 0 Å². The molecule has 0 atom stereocenters. The fraction of sp³-hybridized carbons (Fsp3) is 0.750. The van der Waals surface area contributed by atoms with Crippen LogP contribution in [0.1, 0.15) is 0 Å². The van der Waals surface area contributed by atoms with Crippen molar-refractivity contribution < 1.29 is 19.2 Å². The molecular weight excluding hydrogens is 580 g/mol. The Bertz CT molecular complexity index is 453. The van der Waals surface area contributed by atoms with Gasteiger partial charge in [-0.2, -0.15) is 0 Å². The van der Waals surface area contributed by atoms with Crippen molar-refractivity contribution in [3.8, 4) is 0 Å². The summed E-state index contributed by atoms with van der Waals surface area (Å²) in [5.41, 5.74) is 21.3. The van der Waals surface area contributed by atoms with Gasteiger partial charge in [0.2, 0.25) is 23.6 Å². The Morgan fingerprint density at radius 2 is 0.586 bits per heavy atom. The summed E-state index contributed by atoms with van der Waals surface area (Å²) in [6, 6.07) is 0. The van der Waals surface area contributed by atoms with Crippen LogP contribution >= 0.6 is 0 Å². The summed E-state index contributed by atoms with van der Waals surface area (Å²) < 4.78 is 0. The first kappa shape index (κ1) is 27.6. The molecule has 0 aromatic carbocycles. The molecule has 0 aliphatic carbocycles. The van der Waals surface area contributed by atoms with Crippen LogP contribution in [-0.2, 0) is 19.2 Å². The molecule has 1 saturated heterocycles. The Morgan fingerprint density at radius 1 is 0.448 bits per heavy atom. The van der Waals surface area contributed by atoms with Gasteiger partial charge in [0.05, 0.1) is 26.2 Å². The predicted octanol–water partition coefficient (Wildman–Crippen LogP) is -5.77. The molecule has 166 valence electrons. The molecule has 12 nitrogen and oxygen atoms in total. The molecular formula is C16H34N8O4Pb. The van der Waals surface area contributed by atoms with Gasteiger partial charge in [0.15, 0.2) is 0 Å². The fourth-order valence-corrected chi connectivity index (χ4v) is 3.09. The van der Waals surface area contributed by atoms with Gasteiger partial charge in [-0.25, -0.2) is 0 Å². The van der Waals surface area contributed by atoms with E-state index in [0.717, 1.165) is 0 Å². The molecule has 0 spiro atoms.